The Kier molecular flexibility index (Phi) is 5.63. The van der Waals surface area contributed by atoms with Crippen molar-refractivity contribution in [2.75, 3.05) is 37.8 Å². The molecule has 1 saturated heterocycles. The lowest BCUT2D eigenvalue weighted by atomic mass is 10.0. The van der Waals surface area contributed by atoms with E-state index in [4.69, 9.17) is 19.6 Å². The Morgan fingerprint density at radius 1 is 1.12 bits per heavy atom. The third kappa shape index (κ3) is 4.49. The molecule has 1 aliphatic heterocycles. The van der Waals surface area contributed by atoms with Crippen LogP contribution in [-0.4, -0.2) is 45.0 Å². The Bertz CT molecular complexity index is 1200. The third-order valence-electron chi connectivity index (χ3n) is 5.80. The van der Waals surface area contributed by atoms with Gasteiger partial charge in [-0.05, 0) is 49.1 Å². The van der Waals surface area contributed by atoms with Gasteiger partial charge in [-0.15, -0.1) is 0 Å². The van der Waals surface area contributed by atoms with Crippen molar-refractivity contribution in [3.8, 4) is 17.1 Å². The summed E-state index contributed by atoms with van der Waals surface area (Å²) in [6.45, 7) is 3.14. The fourth-order valence-electron chi connectivity index (χ4n) is 3.92. The Labute approximate surface area is 189 Å². The molecule has 1 aromatic heterocycles. The van der Waals surface area contributed by atoms with E-state index in [2.05, 4.69) is 9.64 Å². The largest absolute Gasteiger partial charge is 0.491 e. The molecule has 3 aromatic rings. The van der Waals surface area contributed by atoms with Crippen LogP contribution in [0.3, 0.4) is 0 Å². The summed E-state index contributed by atoms with van der Waals surface area (Å²) in [5.74, 6) is -0.0922. The molecule has 1 aliphatic carbocycles. The standard InChI is InChI=1S/C24H23FN2O6/c25-16-5-3-15(4-6-16)22-21(23(28)33-24(26)29)17-11-20(31-13-14-1-2-14)18(12-19(17)32-22)27-7-9-30-10-8-27/h3-6,11-12,14H,1-2,7-10,13H2,(H2,26,29). The van der Waals surface area contributed by atoms with Gasteiger partial charge in [-0.25, -0.2) is 14.0 Å². The number of ether oxygens (including phenoxy) is 3. The van der Waals surface area contributed by atoms with Crippen molar-refractivity contribution in [3.05, 3.63) is 47.8 Å². The maximum absolute atomic E-state index is 13.5. The van der Waals surface area contributed by atoms with Gasteiger partial charge in [0.15, 0.2) is 0 Å². The lowest BCUT2D eigenvalue weighted by Gasteiger charge is -2.30. The summed E-state index contributed by atoms with van der Waals surface area (Å²) in [7, 11) is 0. The number of halogens is 1. The summed E-state index contributed by atoms with van der Waals surface area (Å²) in [5.41, 5.74) is 6.81. The molecular weight excluding hydrogens is 431 g/mol. The summed E-state index contributed by atoms with van der Waals surface area (Å²) in [6, 6.07) is 9.04. The van der Waals surface area contributed by atoms with Gasteiger partial charge < -0.3 is 29.3 Å². The molecule has 8 nitrogen and oxygen atoms in total. The highest BCUT2D eigenvalue weighted by Crippen LogP contribution is 2.42. The minimum absolute atomic E-state index is 0.0280. The first-order valence-corrected chi connectivity index (χ1v) is 10.8. The Morgan fingerprint density at radius 2 is 1.85 bits per heavy atom. The molecule has 2 fully saturated rings. The molecule has 5 rings (SSSR count). The van der Waals surface area contributed by atoms with Crippen LogP contribution in [0.15, 0.2) is 40.8 Å². The predicted octanol–water partition coefficient (Wildman–Crippen LogP) is 4.10. The highest BCUT2D eigenvalue weighted by Gasteiger charge is 2.29. The van der Waals surface area contributed by atoms with Crippen molar-refractivity contribution in [3.63, 3.8) is 0 Å². The highest BCUT2D eigenvalue weighted by molar-refractivity contribution is 6.12. The fourth-order valence-corrected chi connectivity index (χ4v) is 3.92. The first kappa shape index (κ1) is 21.3. The number of carbonyl (C=O) groups excluding carboxylic acids is 2. The predicted molar refractivity (Wildman–Crippen MR) is 118 cm³/mol. The minimum Gasteiger partial charge on any atom is -0.491 e. The van der Waals surface area contributed by atoms with Gasteiger partial charge in [-0.2, -0.15) is 0 Å². The molecule has 0 radical (unpaired) electrons. The van der Waals surface area contributed by atoms with Crippen LogP contribution in [0.25, 0.3) is 22.3 Å². The second-order valence-electron chi connectivity index (χ2n) is 8.19. The molecule has 1 saturated carbocycles. The van der Waals surface area contributed by atoms with Gasteiger partial charge in [-0.1, -0.05) is 0 Å². The van der Waals surface area contributed by atoms with E-state index >= 15 is 0 Å². The maximum Gasteiger partial charge on any atom is 0.412 e. The number of primary amides is 1. The lowest BCUT2D eigenvalue weighted by molar-refractivity contribution is 0.0640. The van der Waals surface area contributed by atoms with Crippen LogP contribution < -0.4 is 15.4 Å². The topological polar surface area (TPSA) is 104 Å². The van der Waals surface area contributed by atoms with Gasteiger partial charge in [0.2, 0.25) is 0 Å². The third-order valence-corrected chi connectivity index (χ3v) is 5.80. The van der Waals surface area contributed by atoms with Crippen molar-refractivity contribution < 1.29 is 32.6 Å². The lowest BCUT2D eigenvalue weighted by Crippen LogP contribution is -2.36. The number of hydrogen-bond donors (Lipinski definition) is 1. The SMILES string of the molecule is NC(=O)OC(=O)c1c(-c2ccc(F)cc2)oc2cc(N3CCOCC3)c(OCC3CC3)cc12. The first-order valence-electron chi connectivity index (χ1n) is 10.8. The van der Waals surface area contributed by atoms with Crippen LogP contribution in [0.2, 0.25) is 0 Å². The minimum atomic E-state index is -1.23. The van der Waals surface area contributed by atoms with Crippen molar-refractivity contribution in [2.45, 2.75) is 12.8 Å². The molecule has 2 aliphatic rings. The molecule has 0 atom stereocenters. The molecule has 9 heteroatoms. The van der Waals surface area contributed by atoms with E-state index in [9.17, 15) is 14.0 Å². The molecule has 2 heterocycles. The maximum atomic E-state index is 13.5. The van der Waals surface area contributed by atoms with E-state index in [1.807, 2.05) is 6.07 Å². The van der Waals surface area contributed by atoms with Gasteiger partial charge >= 0.3 is 12.1 Å². The van der Waals surface area contributed by atoms with Crippen molar-refractivity contribution >= 4 is 28.7 Å². The van der Waals surface area contributed by atoms with E-state index in [1.165, 1.54) is 24.3 Å². The number of carbonyl (C=O) groups is 2. The molecule has 2 aromatic carbocycles. The number of anilines is 1. The van der Waals surface area contributed by atoms with Crippen LogP contribution in [-0.2, 0) is 9.47 Å². The Balaban J connectivity index is 1.66. The number of morpholine rings is 1. The molecule has 1 amide bonds. The second kappa shape index (κ2) is 8.74. The van der Waals surface area contributed by atoms with Crippen molar-refractivity contribution in [1.29, 1.82) is 0 Å². The average molecular weight is 454 g/mol. The number of furan rings is 1. The smallest absolute Gasteiger partial charge is 0.412 e. The number of hydrogen-bond acceptors (Lipinski definition) is 7. The molecule has 0 unspecified atom stereocenters. The van der Waals surface area contributed by atoms with E-state index in [0.717, 1.165) is 18.5 Å². The number of rotatable bonds is 6. The van der Waals surface area contributed by atoms with Gasteiger partial charge in [0.05, 0.1) is 25.5 Å². The zero-order valence-corrected chi connectivity index (χ0v) is 17.8. The molecule has 172 valence electrons. The summed E-state index contributed by atoms with van der Waals surface area (Å²) in [4.78, 5) is 26.3. The Morgan fingerprint density at radius 3 is 2.52 bits per heavy atom. The zero-order valence-electron chi connectivity index (χ0n) is 17.8. The number of benzene rings is 2. The zero-order chi connectivity index (χ0) is 22.9. The summed E-state index contributed by atoms with van der Waals surface area (Å²) < 4.78 is 35.9. The Hall–Kier alpha value is -3.59. The molecular formula is C24H23FN2O6. The monoisotopic (exact) mass is 454 g/mol. The first-order chi connectivity index (χ1) is 16.0. The van der Waals surface area contributed by atoms with Crippen LogP contribution in [0.5, 0.6) is 5.75 Å². The van der Waals surface area contributed by atoms with Crippen molar-refractivity contribution in [2.24, 2.45) is 11.7 Å². The molecule has 2 N–H and O–H groups in total. The number of nitrogens with zero attached hydrogens (tertiary/aromatic N) is 1. The summed E-state index contributed by atoms with van der Waals surface area (Å²) in [6.07, 6.45) is 1.03. The molecule has 0 bridgehead atoms. The van der Waals surface area contributed by atoms with Gasteiger partial charge in [0.25, 0.3) is 0 Å². The van der Waals surface area contributed by atoms with E-state index in [-0.39, 0.29) is 11.3 Å². The van der Waals surface area contributed by atoms with Crippen LogP contribution >= 0.6 is 0 Å². The number of fused-ring (bicyclic) bond motifs is 1. The van der Waals surface area contributed by atoms with Crippen LogP contribution in [0, 0.1) is 11.7 Å². The number of amides is 1. The van der Waals surface area contributed by atoms with Gasteiger partial charge in [0.1, 0.15) is 28.5 Å². The van der Waals surface area contributed by atoms with E-state index in [1.54, 1.807) is 6.07 Å². The van der Waals surface area contributed by atoms with Gasteiger partial charge in [0, 0.05) is 30.1 Å². The van der Waals surface area contributed by atoms with Crippen LogP contribution in [0.4, 0.5) is 14.9 Å². The van der Waals surface area contributed by atoms with E-state index in [0.29, 0.717) is 61.1 Å². The van der Waals surface area contributed by atoms with Crippen LogP contribution in [0.1, 0.15) is 23.2 Å². The number of esters is 1. The quantitative estimate of drug-likeness (QED) is 0.442. The normalized spacial score (nSPS) is 16.1. The highest BCUT2D eigenvalue weighted by atomic mass is 19.1. The van der Waals surface area contributed by atoms with E-state index < -0.39 is 17.9 Å². The van der Waals surface area contributed by atoms with Gasteiger partial charge in [-0.3, -0.25) is 0 Å². The number of nitrogens with two attached hydrogens (primary N) is 1. The average Bonchev–Trinajstić information content (AvgIpc) is 3.56. The molecule has 0 spiro atoms. The summed E-state index contributed by atoms with van der Waals surface area (Å²) >= 11 is 0. The molecule has 33 heavy (non-hydrogen) atoms. The van der Waals surface area contributed by atoms with Crippen molar-refractivity contribution in [1.82, 2.24) is 0 Å². The summed E-state index contributed by atoms with van der Waals surface area (Å²) in [5, 5.41) is 0.420. The second-order valence-corrected chi connectivity index (χ2v) is 8.19. The fraction of sp³-hybridized carbons (Fsp3) is 0.333.